The molecule has 0 saturated heterocycles. The first kappa shape index (κ1) is 12.6. The van der Waals surface area contributed by atoms with E-state index in [0.717, 1.165) is 24.1 Å². The average molecular weight is 268 g/mol. The Labute approximate surface area is 116 Å². The number of hydrogen-bond acceptors (Lipinski definition) is 3. The van der Waals surface area contributed by atoms with Crippen LogP contribution in [0.1, 0.15) is 24.6 Å². The first-order chi connectivity index (χ1) is 9.69. The molecule has 0 bridgehead atoms. The summed E-state index contributed by atoms with van der Waals surface area (Å²) in [6.07, 6.45) is 1.88. The van der Waals surface area contributed by atoms with Crippen molar-refractivity contribution in [3.63, 3.8) is 0 Å². The summed E-state index contributed by atoms with van der Waals surface area (Å²) >= 11 is 0. The molecule has 5 heteroatoms. The van der Waals surface area contributed by atoms with E-state index in [-0.39, 0.29) is 5.69 Å². The summed E-state index contributed by atoms with van der Waals surface area (Å²) in [5, 5.41) is 6.54. The number of aromatic nitrogens is 4. The Morgan fingerprint density at radius 3 is 2.70 bits per heavy atom. The molecule has 102 valence electrons. The van der Waals surface area contributed by atoms with Gasteiger partial charge in [0, 0.05) is 17.3 Å². The number of rotatable bonds is 3. The summed E-state index contributed by atoms with van der Waals surface area (Å²) in [4.78, 5) is 16.5. The van der Waals surface area contributed by atoms with Gasteiger partial charge in [-0.15, -0.1) is 0 Å². The van der Waals surface area contributed by atoms with Crippen molar-refractivity contribution in [1.29, 1.82) is 0 Å². The van der Waals surface area contributed by atoms with Crippen molar-refractivity contribution in [2.75, 3.05) is 0 Å². The number of benzene rings is 1. The van der Waals surface area contributed by atoms with Crippen molar-refractivity contribution >= 4 is 5.65 Å². The smallest absolute Gasteiger partial charge is 0.246 e. The third kappa shape index (κ3) is 2.11. The molecule has 3 aromatic rings. The SMILES string of the molecule is CCCc1cc2n[nH]c(=O)n2c(-c2ccc(C)cc2)n1. The number of aryl methyl sites for hydroxylation is 2. The van der Waals surface area contributed by atoms with Gasteiger partial charge < -0.3 is 0 Å². The molecular formula is C15H16N4O. The standard InChI is InChI=1S/C15H16N4O/c1-3-4-12-9-13-17-18-15(20)19(13)14(16-12)11-7-5-10(2)6-8-11/h5-9H,3-4H2,1-2H3,(H,18,20). The Bertz CT molecular complexity index is 799. The lowest BCUT2D eigenvalue weighted by Crippen LogP contribution is -2.13. The van der Waals surface area contributed by atoms with E-state index in [4.69, 9.17) is 0 Å². The van der Waals surface area contributed by atoms with Crippen LogP contribution in [-0.4, -0.2) is 19.6 Å². The van der Waals surface area contributed by atoms with E-state index in [9.17, 15) is 4.79 Å². The van der Waals surface area contributed by atoms with Crippen molar-refractivity contribution in [1.82, 2.24) is 19.6 Å². The minimum Gasteiger partial charge on any atom is -0.246 e. The molecule has 0 radical (unpaired) electrons. The second-order valence-electron chi connectivity index (χ2n) is 4.91. The molecule has 0 amide bonds. The van der Waals surface area contributed by atoms with E-state index in [0.29, 0.717) is 11.5 Å². The molecule has 2 aromatic heterocycles. The second kappa shape index (κ2) is 4.92. The molecule has 0 unspecified atom stereocenters. The fourth-order valence-electron chi connectivity index (χ4n) is 2.26. The van der Waals surface area contributed by atoms with Crippen LogP contribution in [0.4, 0.5) is 0 Å². The lowest BCUT2D eigenvalue weighted by molar-refractivity contribution is 0.869. The zero-order chi connectivity index (χ0) is 14.1. The van der Waals surface area contributed by atoms with Gasteiger partial charge in [-0.2, -0.15) is 5.10 Å². The van der Waals surface area contributed by atoms with E-state index < -0.39 is 0 Å². The topological polar surface area (TPSA) is 63.0 Å². The zero-order valence-corrected chi connectivity index (χ0v) is 11.6. The maximum Gasteiger partial charge on any atom is 0.349 e. The molecule has 0 aliphatic heterocycles. The number of aromatic amines is 1. The Balaban J connectivity index is 2.28. The highest BCUT2D eigenvalue weighted by Crippen LogP contribution is 2.19. The zero-order valence-electron chi connectivity index (χ0n) is 11.6. The quantitative estimate of drug-likeness (QED) is 0.793. The Morgan fingerprint density at radius 2 is 2.00 bits per heavy atom. The Morgan fingerprint density at radius 1 is 1.25 bits per heavy atom. The third-order valence-corrected chi connectivity index (χ3v) is 3.27. The van der Waals surface area contributed by atoms with Crippen LogP contribution in [0.15, 0.2) is 35.1 Å². The van der Waals surface area contributed by atoms with Crippen LogP contribution in [0.5, 0.6) is 0 Å². The molecule has 0 spiro atoms. The van der Waals surface area contributed by atoms with E-state index in [1.165, 1.54) is 9.96 Å². The van der Waals surface area contributed by atoms with Crippen molar-refractivity contribution in [2.45, 2.75) is 26.7 Å². The minimum absolute atomic E-state index is 0.258. The Kier molecular flexibility index (Phi) is 3.10. The number of nitrogens with one attached hydrogen (secondary N) is 1. The highest BCUT2D eigenvalue weighted by molar-refractivity contribution is 5.60. The number of hydrogen-bond donors (Lipinski definition) is 1. The normalized spacial score (nSPS) is 11.1. The largest absolute Gasteiger partial charge is 0.349 e. The maximum atomic E-state index is 11.9. The van der Waals surface area contributed by atoms with Gasteiger partial charge in [0.05, 0.1) is 0 Å². The van der Waals surface area contributed by atoms with E-state index in [1.54, 1.807) is 0 Å². The maximum absolute atomic E-state index is 11.9. The van der Waals surface area contributed by atoms with E-state index in [1.807, 2.05) is 37.3 Å². The van der Waals surface area contributed by atoms with Crippen LogP contribution >= 0.6 is 0 Å². The molecule has 20 heavy (non-hydrogen) atoms. The van der Waals surface area contributed by atoms with Gasteiger partial charge in [0.15, 0.2) is 5.65 Å². The fraction of sp³-hybridized carbons (Fsp3) is 0.267. The molecular weight excluding hydrogens is 252 g/mol. The lowest BCUT2D eigenvalue weighted by Gasteiger charge is -2.07. The molecule has 3 rings (SSSR count). The molecule has 5 nitrogen and oxygen atoms in total. The number of nitrogens with zero attached hydrogens (tertiary/aromatic N) is 3. The summed E-state index contributed by atoms with van der Waals surface area (Å²) in [7, 11) is 0. The minimum atomic E-state index is -0.258. The predicted molar refractivity (Wildman–Crippen MR) is 77.8 cm³/mol. The lowest BCUT2D eigenvalue weighted by atomic mass is 10.1. The highest BCUT2D eigenvalue weighted by atomic mass is 16.1. The summed E-state index contributed by atoms with van der Waals surface area (Å²) in [5.41, 5.74) is 3.40. The second-order valence-corrected chi connectivity index (χ2v) is 4.91. The first-order valence-electron chi connectivity index (χ1n) is 6.73. The molecule has 2 heterocycles. The summed E-state index contributed by atoms with van der Waals surface area (Å²) in [6, 6.07) is 9.85. The number of fused-ring (bicyclic) bond motifs is 1. The number of H-pyrrole nitrogens is 1. The van der Waals surface area contributed by atoms with Crippen LogP contribution in [0.2, 0.25) is 0 Å². The van der Waals surface area contributed by atoms with Gasteiger partial charge in [0.25, 0.3) is 0 Å². The van der Waals surface area contributed by atoms with Crippen molar-refractivity contribution in [3.05, 3.63) is 52.1 Å². The third-order valence-electron chi connectivity index (χ3n) is 3.27. The first-order valence-corrected chi connectivity index (χ1v) is 6.73. The van der Waals surface area contributed by atoms with Gasteiger partial charge >= 0.3 is 5.69 Å². The van der Waals surface area contributed by atoms with E-state index >= 15 is 0 Å². The van der Waals surface area contributed by atoms with Crippen molar-refractivity contribution < 1.29 is 0 Å². The summed E-state index contributed by atoms with van der Waals surface area (Å²) in [5.74, 6) is 0.643. The van der Waals surface area contributed by atoms with Crippen LogP contribution in [0.25, 0.3) is 17.0 Å². The molecule has 0 aliphatic carbocycles. The average Bonchev–Trinajstić information content (AvgIpc) is 2.81. The van der Waals surface area contributed by atoms with Gasteiger partial charge in [-0.1, -0.05) is 43.2 Å². The molecule has 0 aliphatic rings. The highest BCUT2D eigenvalue weighted by Gasteiger charge is 2.11. The van der Waals surface area contributed by atoms with Crippen LogP contribution in [0.3, 0.4) is 0 Å². The van der Waals surface area contributed by atoms with Gasteiger partial charge in [0.1, 0.15) is 5.82 Å². The Hall–Kier alpha value is -2.43. The van der Waals surface area contributed by atoms with Gasteiger partial charge in [-0.05, 0) is 13.3 Å². The fourth-order valence-corrected chi connectivity index (χ4v) is 2.26. The van der Waals surface area contributed by atoms with Crippen LogP contribution < -0.4 is 5.69 Å². The van der Waals surface area contributed by atoms with Gasteiger partial charge in [-0.25, -0.2) is 19.3 Å². The van der Waals surface area contributed by atoms with Crippen LogP contribution in [-0.2, 0) is 6.42 Å². The molecule has 1 N–H and O–H groups in total. The van der Waals surface area contributed by atoms with Crippen molar-refractivity contribution in [3.8, 4) is 11.4 Å². The van der Waals surface area contributed by atoms with Gasteiger partial charge in [-0.3, -0.25) is 0 Å². The summed E-state index contributed by atoms with van der Waals surface area (Å²) in [6.45, 7) is 4.14. The van der Waals surface area contributed by atoms with Crippen LogP contribution in [0, 0.1) is 6.92 Å². The monoisotopic (exact) mass is 268 g/mol. The van der Waals surface area contributed by atoms with E-state index in [2.05, 4.69) is 22.1 Å². The summed E-state index contributed by atoms with van der Waals surface area (Å²) < 4.78 is 1.52. The molecule has 0 fully saturated rings. The molecule has 0 atom stereocenters. The molecule has 1 aromatic carbocycles. The van der Waals surface area contributed by atoms with Gasteiger partial charge in [0.2, 0.25) is 0 Å². The molecule has 0 saturated carbocycles. The predicted octanol–water partition coefficient (Wildman–Crippen LogP) is 2.35. The van der Waals surface area contributed by atoms with Crippen molar-refractivity contribution in [2.24, 2.45) is 0 Å².